The number of nitrogens with zero attached hydrogens (tertiary/aromatic N) is 4. The number of likely N-dealkylation sites (N-methyl/N-ethyl adjacent to an activating group) is 4. The Bertz CT molecular complexity index is 2200. The molecular weight excluding hydrogens is 1040 g/mol. The molecule has 82 heavy (non-hydrogen) atoms. The molecule has 0 spiro atoms. The number of aliphatic hydroxyl groups is 1. The van der Waals surface area contributed by atoms with Gasteiger partial charge in [0.2, 0.25) is 35.4 Å². The molecule has 0 aliphatic carbocycles. The van der Waals surface area contributed by atoms with Crippen molar-refractivity contribution in [3.63, 3.8) is 0 Å². The third-order valence-corrected chi connectivity index (χ3v) is 16.4. The highest BCUT2D eigenvalue weighted by atomic mass is 16.3. The number of nitrogens with one attached hydrogen (secondary N) is 2. The van der Waals surface area contributed by atoms with Gasteiger partial charge in [0.25, 0.3) is 0 Å². The first kappa shape index (κ1) is 74.9. The van der Waals surface area contributed by atoms with Crippen molar-refractivity contribution in [2.75, 3.05) is 28.2 Å². The molecule has 0 radical (unpaired) electrons. The van der Waals surface area contributed by atoms with Gasteiger partial charge in [-0.15, -0.1) is 0 Å². The zero-order valence-corrected chi connectivity index (χ0v) is 54.3. The molecule has 12 atom stereocenters. The molecule has 1 saturated heterocycles. The van der Waals surface area contributed by atoms with Crippen LogP contribution in [-0.2, 0) is 52.7 Å². The van der Waals surface area contributed by atoms with Gasteiger partial charge in [0, 0.05) is 84.5 Å². The van der Waals surface area contributed by atoms with Gasteiger partial charge in [0.05, 0.1) is 42.2 Å². The maximum absolute atomic E-state index is 14.8. The van der Waals surface area contributed by atoms with E-state index in [1.807, 2.05) is 88.3 Å². The van der Waals surface area contributed by atoms with E-state index in [1.54, 1.807) is 34.6 Å². The fourth-order valence-electron chi connectivity index (χ4n) is 11.4. The minimum Gasteiger partial charge on any atom is -0.392 e. The predicted octanol–water partition coefficient (Wildman–Crippen LogP) is 7.84. The van der Waals surface area contributed by atoms with E-state index in [2.05, 4.69) is 10.6 Å². The van der Waals surface area contributed by atoms with Crippen LogP contribution in [-0.4, -0.2) is 160 Å². The summed E-state index contributed by atoms with van der Waals surface area (Å²) in [6, 6.07) is -6.25. The first-order valence-corrected chi connectivity index (χ1v) is 30.5. The molecule has 1 aliphatic rings. The van der Waals surface area contributed by atoms with Gasteiger partial charge in [-0.05, 0) is 93.8 Å². The van der Waals surface area contributed by atoms with Gasteiger partial charge in [-0.1, -0.05) is 116 Å². The summed E-state index contributed by atoms with van der Waals surface area (Å²) in [5.41, 5.74) is 0. The molecule has 1 heterocycles. The number of ketones is 5. The van der Waals surface area contributed by atoms with Gasteiger partial charge >= 0.3 is 0 Å². The first-order chi connectivity index (χ1) is 37.9. The normalized spacial score (nSPS) is 27.5. The average molecular weight is 1160 g/mol. The van der Waals surface area contributed by atoms with Crippen molar-refractivity contribution in [1.29, 1.82) is 0 Å². The predicted molar refractivity (Wildman–Crippen MR) is 321 cm³/mol. The lowest BCUT2D eigenvalue weighted by Gasteiger charge is -2.36. The van der Waals surface area contributed by atoms with Crippen LogP contribution in [0.25, 0.3) is 0 Å². The summed E-state index contributed by atoms with van der Waals surface area (Å²) in [6.07, 6.45) is 1.93. The number of Topliss-reactive ketones (excluding diaryl/α,β-unsaturated/α-hetero) is 5. The molecule has 0 aromatic heterocycles. The Balaban J connectivity index is 4.16. The van der Waals surface area contributed by atoms with Gasteiger partial charge < -0.3 is 35.3 Å². The van der Waals surface area contributed by atoms with Gasteiger partial charge in [-0.3, -0.25) is 52.7 Å². The molecule has 6 amide bonds. The molecule has 0 saturated carbocycles. The van der Waals surface area contributed by atoms with Crippen molar-refractivity contribution in [2.24, 2.45) is 65.1 Å². The lowest BCUT2D eigenvalue weighted by atomic mass is 9.82. The second-order valence-electron chi connectivity index (χ2n) is 26.3. The average Bonchev–Trinajstić information content (AvgIpc) is 3.55. The van der Waals surface area contributed by atoms with Crippen LogP contribution in [0.4, 0.5) is 0 Å². The summed E-state index contributed by atoms with van der Waals surface area (Å²) in [7, 11) is 5.99. The third kappa shape index (κ3) is 22.8. The summed E-state index contributed by atoms with van der Waals surface area (Å²) in [5.74, 6) is -11.2. The van der Waals surface area contributed by atoms with Crippen molar-refractivity contribution in [3.05, 3.63) is 12.2 Å². The van der Waals surface area contributed by atoms with Crippen molar-refractivity contribution in [3.8, 4) is 0 Å². The zero-order valence-electron chi connectivity index (χ0n) is 54.3. The number of rotatable bonds is 15. The fraction of sp³-hybridized carbons (Fsp3) is 0.797. The molecule has 0 aromatic carbocycles. The van der Waals surface area contributed by atoms with E-state index < -0.39 is 131 Å². The number of allylic oxidation sites excluding steroid dienone is 2. The van der Waals surface area contributed by atoms with Gasteiger partial charge in [0.1, 0.15) is 6.04 Å². The minimum atomic E-state index is -1.36. The third-order valence-electron chi connectivity index (χ3n) is 16.4. The Morgan fingerprint density at radius 1 is 0.512 bits per heavy atom. The Morgan fingerprint density at radius 3 is 1.44 bits per heavy atom. The van der Waals surface area contributed by atoms with Gasteiger partial charge in [0.15, 0.2) is 28.9 Å². The van der Waals surface area contributed by atoms with Crippen LogP contribution in [0.3, 0.4) is 0 Å². The molecule has 0 aromatic rings. The van der Waals surface area contributed by atoms with Crippen molar-refractivity contribution in [2.45, 2.75) is 237 Å². The fourth-order valence-corrected chi connectivity index (χ4v) is 11.4. The molecule has 468 valence electrons. The molecule has 1 fully saturated rings. The highest BCUT2D eigenvalue weighted by molar-refractivity contribution is 5.99. The Kier molecular flexibility index (Phi) is 32.2. The minimum absolute atomic E-state index is 0.0538. The highest BCUT2D eigenvalue weighted by Gasteiger charge is 2.43. The van der Waals surface area contributed by atoms with Crippen LogP contribution < -0.4 is 10.6 Å². The van der Waals surface area contributed by atoms with Crippen LogP contribution >= 0.6 is 0 Å². The molecule has 1 aliphatic heterocycles. The quantitative estimate of drug-likeness (QED) is 0.133. The molecule has 18 nitrogen and oxygen atoms in total. The first-order valence-electron chi connectivity index (χ1n) is 30.5. The van der Waals surface area contributed by atoms with E-state index in [0.29, 0.717) is 6.42 Å². The number of hydrogen-bond acceptors (Lipinski definition) is 12. The monoisotopic (exact) mass is 1150 g/mol. The molecule has 0 unspecified atom stereocenters. The molecule has 1 rings (SSSR count). The molecule has 0 bridgehead atoms. The summed E-state index contributed by atoms with van der Waals surface area (Å²) in [6.45, 7) is 30.7. The number of hydrogen-bond donors (Lipinski definition) is 3. The van der Waals surface area contributed by atoms with E-state index in [0.717, 1.165) is 0 Å². The number of aliphatic hydroxyl groups excluding tert-OH is 1. The lowest BCUT2D eigenvalue weighted by Crippen LogP contribution is -2.53. The topological polar surface area (TPSA) is 245 Å². The van der Waals surface area contributed by atoms with Crippen molar-refractivity contribution in [1.82, 2.24) is 30.2 Å². The summed E-state index contributed by atoms with van der Waals surface area (Å²) < 4.78 is 0. The van der Waals surface area contributed by atoms with E-state index in [9.17, 15) is 57.8 Å². The summed E-state index contributed by atoms with van der Waals surface area (Å²) in [5, 5.41) is 17.4. The van der Waals surface area contributed by atoms with Crippen molar-refractivity contribution < 1.29 is 57.8 Å². The number of carbonyl (C=O) groups is 11. The second-order valence-corrected chi connectivity index (χ2v) is 26.3. The van der Waals surface area contributed by atoms with Crippen LogP contribution in [0.2, 0.25) is 0 Å². The second kappa shape index (κ2) is 35.2. The van der Waals surface area contributed by atoms with Crippen LogP contribution in [0.15, 0.2) is 12.2 Å². The largest absolute Gasteiger partial charge is 0.392 e. The van der Waals surface area contributed by atoms with E-state index in [4.69, 9.17) is 0 Å². The zero-order chi connectivity index (χ0) is 63.4. The molecular formula is C64H110N6O12. The van der Waals surface area contributed by atoms with Gasteiger partial charge in [-0.25, -0.2) is 0 Å². The smallest absolute Gasteiger partial charge is 0.245 e. The lowest BCUT2D eigenvalue weighted by molar-refractivity contribution is -0.147. The van der Waals surface area contributed by atoms with Gasteiger partial charge in [-0.2, -0.15) is 0 Å². The standard InChI is InChI=1S/C64H110N6O12/c1-22-24-25-42(15)59(77)47-35-56(75)58(41(13)14)70(21)63(81)45(28-36(3)4)33-54(73)51(31-39(9)10)68(19)62(80)44(17)65-60(78)43(16)32-53(72)50(30-38(7)8)69(20)64(82)46(40(11)12)34-55(74)49(29-37(5)6)67(18)57(76)27-26-52(71)48(23-2)66-61(47)79/h22,24,36-51,58-59,77H,23,25-35H2,1-21H3,(H,65,78)(H,66,79)/b24-22+/t42-,43-,44-,45-,46+,47+,48+,49+,50+,51-,58+,59-/m1/s1. The van der Waals surface area contributed by atoms with E-state index in [1.165, 1.54) is 54.7 Å². The van der Waals surface area contributed by atoms with Crippen LogP contribution in [0, 0.1) is 65.1 Å². The van der Waals surface area contributed by atoms with Crippen molar-refractivity contribution >= 4 is 64.4 Å². The molecule has 3 N–H and O–H groups in total. The number of amides is 6. The van der Waals surface area contributed by atoms with E-state index in [-0.39, 0.29) is 111 Å². The van der Waals surface area contributed by atoms with Crippen LogP contribution in [0.5, 0.6) is 0 Å². The highest BCUT2D eigenvalue weighted by Crippen LogP contribution is 2.30. The molecule has 18 heteroatoms. The summed E-state index contributed by atoms with van der Waals surface area (Å²) in [4.78, 5) is 164. The van der Waals surface area contributed by atoms with Crippen LogP contribution in [0.1, 0.15) is 195 Å². The maximum Gasteiger partial charge on any atom is 0.245 e. The Morgan fingerprint density at radius 2 is 0.976 bits per heavy atom. The summed E-state index contributed by atoms with van der Waals surface area (Å²) >= 11 is 0. The Hall–Kier alpha value is -5.13. The maximum atomic E-state index is 14.8. The Labute approximate surface area is 493 Å². The van der Waals surface area contributed by atoms with E-state index >= 15 is 0 Å². The SMILES string of the molecule is C/C=C/C[C@@H](C)[C@@H](O)[C@@H]1CC(=O)[C@H](C(C)C)N(C)C(=O)[C@H](CC(C)C)CC(=O)[C@@H](CC(C)C)N(C)C(=O)[C@@H](C)NC(=O)[C@H](C)CC(=O)[C@H](CC(C)C)N(C)C(=O)[C@H](C(C)C)CC(=O)[C@H](CC(C)C)N(C)C(=O)CCC(=O)[C@H](CC)NC1=O. The number of carbonyl (C=O) groups excluding carboxylic acids is 11.